The number of hydrogen-bond donors (Lipinski definition) is 2. The second kappa shape index (κ2) is 6.95. The summed E-state index contributed by atoms with van der Waals surface area (Å²) in [6, 6.07) is 12.8. The Balaban J connectivity index is 1.69. The first-order valence-corrected chi connectivity index (χ1v) is 8.05. The number of hydrogen-bond acceptors (Lipinski definition) is 3. The highest BCUT2D eigenvalue weighted by molar-refractivity contribution is 6.02. The number of alkyl halides is 3. The maximum absolute atomic E-state index is 13.0. The molecule has 1 amide bonds. The van der Waals surface area contributed by atoms with Crippen LogP contribution in [0.15, 0.2) is 42.5 Å². The number of benzene rings is 2. The number of likely N-dealkylation sites (tertiary alicyclic amines) is 1. The van der Waals surface area contributed by atoms with Crippen molar-refractivity contribution < 1.29 is 27.9 Å². The number of carbonyl (C=O) groups is 2. The minimum atomic E-state index is -4.61. The second-order valence-corrected chi connectivity index (χ2v) is 6.36. The van der Waals surface area contributed by atoms with Gasteiger partial charge >= 0.3 is 12.1 Å². The van der Waals surface area contributed by atoms with Crippen molar-refractivity contribution in [3.05, 3.63) is 42.5 Å². The highest BCUT2D eigenvalue weighted by Gasteiger charge is 2.52. The molecule has 138 valence electrons. The summed E-state index contributed by atoms with van der Waals surface area (Å²) in [4.78, 5) is 24.6. The van der Waals surface area contributed by atoms with Gasteiger partial charge in [-0.15, -0.1) is 0 Å². The van der Waals surface area contributed by atoms with Crippen LogP contribution in [0.4, 0.5) is 18.9 Å². The first kappa shape index (κ1) is 18.2. The summed E-state index contributed by atoms with van der Waals surface area (Å²) in [5.74, 6) is -5.50. The molecule has 0 unspecified atom stereocenters. The fourth-order valence-electron chi connectivity index (χ4n) is 3.32. The minimum Gasteiger partial charge on any atom is -0.481 e. The van der Waals surface area contributed by atoms with Crippen LogP contribution in [-0.2, 0) is 9.59 Å². The Labute approximate surface area is 147 Å². The van der Waals surface area contributed by atoms with Crippen molar-refractivity contribution in [3.63, 3.8) is 0 Å². The average molecular weight is 366 g/mol. The third-order valence-corrected chi connectivity index (χ3v) is 4.56. The quantitative estimate of drug-likeness (QED) is 0.873. The lowest BCUT2D eigenvalue weighted by atomic mass is 9.96. The van der Waals surface area contributed by atoms with E-state index in [-0.39, 0.29) is 13.1 Å². The molecule has 0 spiro atoms. The molecule has 2 N–H and O–H groups in total. The summed E-state index contributed by atoms with van der Waals surface area (Å²) < 4.78 is 39.0. The van der Waals surface area contributed by atoms with Gasteiger partial charge in [0, 0.05) is 24.2 Å². The number of carboxylic acids is 1. The van der Waals surface area contributed by atoms with Crippen LogP contribution in [0.25, 0.3) is 10.8 Å². The zero-order valence-electron chi connectivity index (χ0n) is 13.7. The van der Waals surface area contributed by atoms with Gasteiger partial charge < -0.3 is 10.4 Å². The zero-order chi connectivity index (χ0) is 18.9. The number of nitrogens with one attached hydrogen (secondary N) is 1. The van der Waals surface area contributed by atoms with E-state index < -0.39 is 36.4 Å². The lowest BCUT2D eigenvalue weighted by molar-refractivity contribution is -0.188. The molecule has 0 aromatic heterocycles. The number of halogens is 3. The van der Waals surface area contributed by atoms with E-state index in [0.29, 0.717) is 5.69 Å². The number of aliphatic carboxylic acids is 1. The third-order valence-electron chi connectivity index (χ3n) is 4.56. The monoisotopic (exact) mass is 366 g/mol. The van der Waals surface area contributed by atoms with Crippen LogP contribution in [0.2, 0.25) is 0 Å². The van der Waals surface area contributed by atoms with Gasteiger partial charge in [-0.3, -0.25) is 14.5 Å². The fourth-order valence-corrected chi connectivity index (χ4v) is 3.32. The molecule has 0 radical (unpaired) electrons. The predicted octanol–water partition coefficient (Wildman–Crippen LogP) is 2.97. The van der Waals surface area contributed by atoms with E-state index in [1.165, 1.54) is 4.90 Å². The topological polar surface area (TPSA) is 69.6 Å². The molecule has 5 nitrogen and oxygen atoms in total. The summed E-state index contributed by atoms with van der Waals surface area (Å²) in [6.07, 6.45) is -4.61. The third kappa shape index (κ3) is 3.80. The normalized spacial score (nSPS) is 21.0. The molecule has 0 aliphatic carbocycles. The van der Waals surface area contributed by atoms with Gasteiger partial charge in [0.05, 0.1) is 18.4 Å². The molecule has 1 heterocycles. The van der Waals surface area contributed by atoms with E-state index in [9.17, 15) is 22.8 Å². The molecule has 26 heavy (non-hydrogen) atoms. The van der Waals surface area contributed by atoms with Crippen LogP contribution in [0.3, 0.4) is 0 Å². The molecule has 2 aromatic rings. The fraction of sp³-hybridized carbons (Fsp3) is 0.333. The number of amides is 1. The van der Waals surface area contributed by atoms with E-state index >= 15 is 0 Å². The van der Waals surface area contributed by atoms with Crippen LogP contribution in [0.1, 0.15) is 0 Å². The molecule has 0 saturated carbocycles. The number of rotatable bonds is 4. The second-order valence-electron chi connectivity index (χ2n) is 6.36. The summed E-state index contributed by atoms with van der Waals surface area (Å²) in [5.41, 5.74) is 0.564. The average Bonchev–Trinajstić information content (AvgIpc) is 2.99. The molecule has 3 rings (SSSR count). The van der Waals surface area contributed by atoms with Crippen LogP contribution in [0, 0.1) is 11.8 Å². The van der Waals surface area contributed by atoms with Gasteiger partial charge in [0.1, 0.15) is 0 Å². The zero-order valence-corrected chi connectivity index (χ0v) is 13.7. The summed E-state index contributed by atoms with van der Waals surface area (Å²) in [6.45, 7) is -1.09. The van der Waals surface area contributed by atoms with Crippen molar-refractivity contribution in [1.29, 1.82) is 0 Å². The van der Waals surface area contributed by atoms with E-state index in [0.717, 1.165) is 10.8 Å². The Kier molecular flexibility index (Phi) is 4.86. The maximum Gasteiger partial charge on any atom is 0.393 e. The number of carboxylic acid groups (broad SMARTS) is 1. The van der Waals surface area contributed by atoms with E-state index in [1.807, 2.05) is 30.3 Å². The SMILES string of the molecule is O=C(CN1C[C@@H](C(F)(F)F)[C@H](C(=O)O)C1)Nc1cccc2ccccc12. The van der Waals surface area contributed by atoms with Crippen LogP contribution in [0.5, 0.6) is 0 Å². The first-order chi connectivity index (χ1) is 12.3. The van der Waals surface area contributed by atoms with Crippen molar-refractivity contribution in [1.82, 2.24) is 4.90 Å². The largest absolute Gasteiger partial charge is 0.481 e. The Morgan fingerprint density at radius 2 is 1.81 bits per heavy atom. The number of carbonyl (C=O) groups excluding carboxylic acids is 1. The lowest BCUT2D eigenvalue weighted by Crippen LogP contribution is -2.34. The first-order valence-electron chi connectivity index (χ1n) is 8.05. The van der Waals surface area contributed by atoms with Gasteiger partial charge in [-0.05, 0) is 11.5 Å². The van der Waals surface area contributed by atoms with Gasteiger partial charge in [0.2, 0.25) is 5.91 Å². The highest BCUT2D eigenvalue weighted by atomic mass is 19.4. The molecular weight excluding hydrogens is 349 g/mol. The van der Waals surface area contributed by atoms with Crippen LogP contribution < -0.4 is 5.32 Å². The molecule has 1 saturated heterocycles. The molecule has 2 aromatic carbocycles. The van der Waals surface area contributed by atoms with Crippen molar-refractivity contribution in [3.8, 4) is 0 Å². The van der Waals surface area contributed by atoms with E-state index in [2.05, 4.69) is 5.32 Å². The van der Waals surface area contributed by atoms with Gasteiger partial charge in [-0.1, -0.05) is 36.4 Å². The van der Waals surface area contributed by atoms with Crippen molar-refractivity contribution in [2.45, 2.75) is 6.18 Å². The van der Waals surface area contributed by atoms with Crippen molar-refractivity contribution in [2.75, 3.05) is 25.0 Å². The molecular formula is C18H17F3N2O3. The van der Waals surface area contributed by atoms with Crippen molar-refractivity contribution >= 4 is 28.3 Å². The van der Waals surface area contributed by atoms with E-state index in [4.69, 9.17) is 5.11 Å². The Bertz CT molecular complexity index is 833. The summed E-state index contributed by atoms with van der Waals surface area (Å²) in [7, 11) is 0. The lowest BCUT2D eigenvalue weighted by Gasteiger charge is -2.18. The van der Waals surface area contributed by atoms with Gasteiger partial charge in [-0.2, -0.15) is 13.2 Å². The molecule has 2 atom stereocenters. The molecule has 1 aliphatic heterocycles. The number of nitrogens with zero attached hydrogens (tertiary/aromatic N) is 1. The standard InChI is InChI=1S/C18H17F3N2O3/c19-18(20,21)14-9-23(8-13(14)17(25)26)10-16(24)22-15-7-3-5-11-4-1-2-6-12(11)15/h1-7,13-14H,8-10H2,(H,22,24)(H,25,26)/t13-,14-/m1/s1. The maximum atomic E-state index is 13.0. The number of fused-ring (bicyclic) bond motifs is 1. The van der Waals surface area contributed by atoms with Crippen LogP contribution >= 0.6 is 0 Å². The van der Waals surface area contributed by atoms with Gasteiger partial charge in [0.25, 0.3) is 0 Å². The molecule has 1 aliphatic rings. The van der Waals surface area contributed by atoms with Crippen molar-refractivity contribution in [2.24, 2.45) is 11.8 Å². The Morgan fingerprint density at radius 3 is 2.46 bits per heavy atom. The number of anilines is 1. The Morgan fingerprint density at radius 1 is 1.12 bits per heavy atom. The minimum absolute atomic E-state index is 0.292. The molecule has 8 heteroatoms. The van der Waals surface area contributed by atoms with Crippen LogP contribution in [-0.4, -0.2) is 47.7 Å². The van der Waals surface area contributed by atoms with Gasteiger partial charge in [0.15, 0.2) is 0 Å². The summed E-state index contributed by atoms with van der Waals surface area (Å²) in [5, 5.41) is 13.5. The highest BCUT2D eigenvalue weighted by Crippen LogP contribution is 2.37. The molecule has 0 bridgehead atoms. The van der Waals surface area contributed by atoms with E-state index in [1.54, 1.807) is 12.1 Å². The molecule has 1 fully saturated rings. The predicted molar refractivity (Wildman–Crippen MR) is 89.7 cm³/mol. The smallest absolute Gasteiger partial charge is 0.393 e. The Hall–Kier alpha value is -2.61. The van der Waals surface area contributed by atoms with Gasteiger partial charge in [-0.25, -0.2) is 0 Å². The summed E-state index contributed by atoms with van der Waals surface area (Å²) >= 11 is 0.